The Morgan fingerprint density at radius 1 is 1.03 bits per heavy atom. The van der Waals surface area contributed by atoms with Crippen LogP contribution in [0, 0.1) is 0 Å². The highest BCUT2D eigenvalue weighted by Gasteiger charge is 2.36. The lowest BCUT2D eigenvalue weighted by Crippen LogP contribution is -2.37. The molecule has 6 rings (SSSR count). The Morgan fingerprint density at radius 2 is 1.86 bits per heavy atom. The van der Waals surface area contributed by atoms with E-state index in [1.54, 1.807) is 24.3 Å². The number of ketones is 2. The fourth-order valence-electron chi connectivity index (χ4n) is 4.63. The normalized spacial score (nSPS) is 21.0. The van der Waals surface area contributed by atoms with Gasteiger partial charge in [0.25, 0.3) is 0 Å². The first-order chi connectivity index (χ1) is 14.2. The number of ether oxygens (including phenoxy) is 2. The van der Waals surface area contributed by atoms with Gasteiger partial charge in [0.2, 0.25) is 5.78 Å². The van der Waals surface area contributed by atoms with Crippen molar-refractivity contribution >= 4 is 22.5 Å². The molecule has 2 aliphatic heterocycles. The molecule has 1 aliphatic carbocycles. The summed E-state index contributed by atoms with van der Waals surface area (Å²) >= 11 is 0. The monoisotopic (exact) mass is 389 g/mol. The van der Waals surface area contributed by atoms with E-state index in [-0.39, 0.29) is 23.4 Å². The molecule has 0 N–H and O–H groups in total. The molecule has 0 spiro atoms. The third-order valence-corrected chi connectivity index (χ3v) is 6.04. The van der Waals surface area contributed by atoms with Gasteiger partial charge in [-0.25, -0.2) is 0 Å². The predicted molar refractivity (Wildman–Crippen MR) is 104 cm³/mol. The van der Waals surface area contributed by atoms with E-state index in [0.29, 0.717) is 40.9 Å². The number of carbonyl (C=O) groups excluding carboxylic acids is 2. The first kappa shape index (κ1) is 16.9. The van der Waals surface area contributed by atoms with Gasteiger partial charge in [-0.15, -0.1) is 0 Å². The quantitative estimate of drug-likeness (QED) is 0.522. The summed E-state index contributed by atoms with van der Waals surface area (Å²) in [5.74, 6) is 0.466. The van der Waals surface area contributed by atoms with Gasteiger partial charge in [0.1, 0.15) is 18.1 Å². The van der Waals surface area contributed by atoms with Crippen molar-refractivity contribution in [3.8, 4) is 5.75 Å². The largest absolute Gasteiger partial charge is 0.478 e. The molecule has 1 saturated heterocycles. The van der Waals surface area contributed by atoms with E-state index >= 15 is 0 Å². The van der Waals surface area contributed by atoms with Crippen molar-refractivity contribution < 1.29 is 23.5 Å². The zero-order valence-electron chi connectivity index (χ0n) is 15.8. The highest BCUT2D eigenvalue weighted by Crippen LogP contribution is 2.40. The molecule has 2 aromatic carbocycles. The van der Waals surface area contributed by atoms with Gasteiger partial charge in [0.05, 0.1) is 17.2 Å². The maximum absolute atomic E-state index is 13.1. The highest BCUT2D eigenvalue weighted by molar-refractivity contribution is 6.31. The standard InChI is InChI=1S/C23H19NO5/c25-20-14-5-1-2-6-15(14)21(26)23-19(20)16-7-8-18-17(22(16)29-23)11-24(12-28-18)10-13-4-3-9-27-13/h1-2,5-8,13H,3-4,9-12H2. The molecular formula is C23H19NO5. The number of hydrogen-bond donors (Lipinski definition) is 0. The Morgan fingerprint density at radius 3 is 2.66 bits per heavy atom. The van der Waals surface area contributed by atoms with Crippen molar-refractivity contribution in [2.75, 3.05) is 19.9 Å². The third-order valence-electron chi connectivity index (χ3n) is 6.04. The molecular weight excluding hydrogens is 370 g/mol. The number of rotatable bonds is 2. The van der Waals surface area contributed by atoms with Gasteiger partial charge in [0, 0.05) is 36.2 Å². The summed E-state index contributed by atoms with van der Waals surface area (Å²) < 4.78 is 17.7. The summed E-state index contributed by atoms with van der Waals surface area (Å²) in [6, 6.07) is 10.6. The van der Waals surface area contributed by atoms with Crippen LogP contribution < -0.4 is 4.74 Å². The van der Waals surface area contributed by atoms with Crippen molar-refractivity contribution in [1.29, 1.82) is 0 Å². The van der Waals surface area contributed by atoms with Crippen LogP contribution in [0.2, 0.25) is 0 Å². The molecule has 6 heteroatoms. The SMILES string of the molecule is O=C1c2ccccc2C(=O)c2c1oc1c3c(ccc21)OCN(CC1CCCO1)C3. The minimum absolute atomic E-state index is 0.133. The van der Waals surface area contributed by atoms with Gasteiger partial charge in [-0.05, 0) is 25.0 Å². The van der Waals surface area contributed by atoms with Crippen molar-refractivity contribution in [3.05, 3.63) is 64.4 Å². The van der Waals surface area contributed by atoms with Crippen LogP contribution >= 0.6 is 0 Å². The molecule has 1 unspecified atom stereocenters. The van der Waals surface area contributed by atoms with Crippen LogP contribution in [0.1, 0.15) is 50.4 Å². The van der Waals surface area contributed by atoms with Gasteiger partial charge in [-0.2, -0.15) is 0 Å². The number of fused-ring (bicyclic) bond motifs is 6. The third kappa shape index (κ3) is 2.49. The molecule has 146 valence electrons. The number of benzene rings is 2. The molecule has 0 saturated carbocycles. The van der Waals surface area contributed by atoms with Crippen molar-refractivity contribution in [2.24, 2.45) is 0 Å². The fourth-order valence-corrected chi connectivity index (χ4v) is 4.63. The Bertz CT molecular complexity index is 1170. The van der Waals surface area contributed by atoms with Crippen LogP contribution in [0.3, 0.4) is 0 Å². The van der Waals surface area contributed by atoms with Crippen molar-refractivity contribution in [1.82, 2.24) is 4.90 Å². The minimum Gasteiger partial charge on any atom is -0.478 e. The first-order valence-electron chi connectivity index (χ1n) is 9.94. The van der Waals surface area contributed by atoms with Crippen molar-refractivity contribution in [3.63, 3.8) is 0 Å². The first-order valence-corrected chi connectivity index (χ1v) is 9.94. The van der Waals surface area contributed by atoms with Gasteiger partial charge in [0.15, 0.2) is 11.5 Å². The van der Waals surface area contributed by atoms with E-state index in [2.05, 4.69) is 4.90 Å². The Balaban J connectivity index is 1.44. The second-order valence-electron chi connectivity index (χ2n) is 7.85. The highest BCUT2D eigenvalue weighted by atomic mass is 16.5. The molecule has 3 aliphatic rings. The van der Waals surface area contributed by atoms with Gasteiger partial charge in [-0.3, -0.25) is 14.5 Å². The molecule has 29 heavy (non-hydrogen) atoms. The average Bonchev–Trinajstić information content (AvgIpc) is 3.40. The summed E-state index contributed by atoms with van der Waals surface area (Å²) in [6.07, 6.45) is 2.38. The molecule has 1 fully saturated rings. The molecule has 1 atom stereocenters. The van der Waals surface area contributed by atoms with E-state index < -0.39 is 0 Å². The van der Waals surface area contributed by atoms with Gasteiger partial charge >= 0.3 is 0 Å². The smallest absolute Gasteiger partial charge is 0.229 e. The van der Waals surface area contributed by atoms with Crippen LogP contribution in [0.4, 0.5) is 0 Å². The predicted octanol–water partition coefficient (Wildman–Crippen LogP) is 3.54. The topological polar surface area (TPSA) is 69.0 Å². The van der Waals surface area contributed by atoms with E-state index in [9.17, 15) is 9.59 Å². The minimum atomic E-state index is -0.243. The van der Waals surface area contributed by atoms with E-state index in [1.807, 2.05) is 12.1 Å². The van der Waals surface area contributed by atoms with E-state index in [0.717, 1.165) is 37.3 Å². The summed E-state index contributed by atoms with van der Waals surface area (Å²) in [5, 5.41) is 0.675. The van der Waals surface area contributed by atoms with Crippen LogP contribution in [0.25, 0.3) is 11.0 Å². The number of carbonyl (C=O) groups is 2. The molecule has 1 aromatic heterocycles. The Kier molecular flexibility index (Phi) is 3.66. The van der Waals surface area contributed by atoms with Crippen LogP contribution in [0.5, 0.6) is 5.75 Å². The van der Waals surface area contributed by atoms with Crippen LogP contribution in [0.15, 0.2) is 40.8 Å². The average molecular weight is 389 g/mol. The number of furan rings is 1. The lowest BCUT2D eigenvalue weighted by Gasteiger charge is -2.30. The lowest BCUT2D eigenvalue weighted by atomic mass is 9.87. The summed E-state index contributed by atoms with van der Waals surface area (Å²) in [4.78, 5) is 28.3. The lowest BCUT2D eigenvalue weighted by molar-refractivity contribution is 0.0281. The number of hydrogen-bond acceptors (Lipinski definition) is 6. The van der Waals surface area contributed by atoms with Crippen LogP contribution in [-0.2, 0) is 11.3 Å². The Hall–Kier alpha value is -2.96. The summed E-state index contributed by atoms with van der Waals surface area (Å²) in [7, 11) is 0. The van der Waals surface area contributed by atoms with E-state index in [1.165, 1.54) is 0 Å². The zero-order valence-corrected chi connectivity index (χ0v) is 15.8. The molecule has 3 heterocycles. The fraction of sp³-hybridized carbons (Fsp3) is 0.304. The second kappa shape index (κ2) is 6.27. The second-order valence-corrected chi connectivity index (χ2v) is 7.85. The zero-order chi connectivity index (χ0) is 19.5. The molecule has 6 nitrogen and oxygen atoms in total. The van der Waals surface area contributed by atoms with Crippen molar-refractivity contribution in [2.45, 2.75) is 25.5 Å². The van der Waals surface area contributed by atoms with Crippen LogP contribution in [-0.4, -0.2) is 42.5 Å². The number of nitrogens with zero attached hydrogens (tertiary/aromatic N) is 1. The molecule has 0 bridgehead atoms. The summed E-state index contributed by atoms with van der Waals surface area (Å²) in [5.41, 5.74) is 2.64. The maximum Gasteiger partial charge on any atom is 0.229 e. The molecule has 0 amide bonds. The van der Waals surface area contributed by atoms with E-state index in [4.69, 9.17) is 13.9 Å². The maximum atomic E-state index is 13.1. The van der Waals surface area contributed by atoms with Gasteiger partial charge in [-0.1, -0.05) is 24.3 Å². The Labute approximate surface area is 167 Å². The molecule has 0 radical (unpaired) electrons. The summed E-state index contributed by atoms with van der Waals surface area (Å²) in [6.45, 7) is 2.73. The molecule has 3 aromatic rings. The van der Waals surface area contributed by atoms with Gasteiger partial charge < -0.3 is 13.9 Å².